The van der Waals surface area contributed by atoms with Gasteiger partial charge in [0.15, 0.2) is 0 Å². The standard InChI is InChI=1S/C7H4ClN2/c8-6-2-1-3-7-9-4-5-10(6)7/h1-3,5H. The quantitative estimate of drug-likeness (QED) is 0.525. The van der Waals surface area contributed by atoms with Gasteiger partial charge in [0.1, 0.15) is 17.0 Å². The van der Waals surface area contributed by atoms with Crippen molar-refractivity contribution in [1.29, 1.82) is 0 Å². The van der Waals surface area contributed by atoms with Crippen LogP contribution >= 0.6 is 11.6 Å². The molecule has 2 aromatic heterocycles. The second kappa shape index (κ2) is 1.99. The number of aromatic nitrogens is 2. The molecule has 0 saturated heterocycles. The van der Waals surface area contributed by atoms with E-state index in [1.165, 1.54) is 0 Å². The van der Waals surface area contributed by atoms with E-state index < -0.39 is 0 Å². The molecule has 0 aliphatic carbocycles. The van der Waals surface area contributed by atoms with Crippen molar-refractivity contribution in [2.24, 2.45) is 0 Å². The molecule has 0 N–H and O–H groups in total. The largest absolute Gasteiger partial charge is 0.290 e. The number of imidazole rings is 1. The van der Waals surface area contributed by atoms with Gasteiger partial charge in [0, 0.05) is 6.20 Å². The number of fused-ring (bicyclic) bond motifs is 1. The van der Waals surface area contributed by atoms with Gasteiger partial charge in [-0.25, -0.2) is 4.98 Å². The SMILES string of the molecule is Clc1cccc2n[c]cn12. The Labute approximate surface area is 63.1 Å². The fourth-order valence-corrected chi connectivity index (χ4v) is 1.06. The predicted octanol–water partition coefficient (Wildman–Crippen LogP) is 1.79. The van der Waals surface area contributed by atoms with Crippen LogP contribution in [0.5, 0.6) is 0 Å². The first kappa shape index (κ1) is 5.74. The monoisotopic (exact) mass is 151 g/mol. The first-order chi connectivity index (χ1) is 4.88. The molecule has 0 unspecified atom stereocenters. The molecule has 0 amide bonds. The Morgan fingerprint density at radius 2 is 2.40 bits per heavy atom. The highest BCUT2D eigenvalue weighted by molar-refractivity contribution is 6.29. The topological polar surface area (TPSA) is 17.3 Å². The fourth-order valence-electron chi connectivity index (χ4n) is 0.855. The number of halogens is 1. The molecule has 0 aromatic carbocycles. The van der Waals surface area contributed by atoms with Crippen LogP contribution in [-0.2, 0) is 0 Å². The Hall–Kier alpha value is -1.02. The van der Waals surface area contributed by atoms with Crippen LogP contribution in [0.25, 0.3) is 5.65 Å². The lowest BCUT2D eigenvalue weighted by atomic mass is 10.5. The van der Waals surface area contributed by atoms with Crippen molar-refractivity contribution in [1.82, 2.24) is 9.38 Å². The average molecular weight is 152 g/mol. The predicted molar refractivity (Wildman–Crippen MR) is 39.0 cm³/mol. The molecule has 2 aromatic rings. The third-order valence-corrected chi connectivity index (χ3v) is 1.63. The summed E-state index contributed by atoms with van der Waals surface area (Å²) in [6.45, 7) is 0. The Morgan fingerprint density at radius 1 is 1.50 bits per heavy atom. The highest BCUT2D eigenvalue weighted by Gasteiger charge is 1.94. The molecular formula is C7H4ClN2. The molecule has 0 atom stereocenters. The van der Waals surface area contributed by atoms with Crippen LogP contribution in [0.3, 0.4) is 0 Å². The zero-order valence-corrected chi connectivity index (χ0v) is 5.84. The van der Waals surface area contributed by atoms with Crippen LogP contribution in [0, 0.1) is 6.20 Å². The number of pyridine rings is 1. The van der Waals surface area contributed by atoms with Gasteiger partial charge in [-0.05, 0) is 12.1 Å². The second-order valence-corrected chi connectivity index (χ2v) is 2.33. The van der Waals surface area contributed by atoms with Gasteiger partial charge in [-0.3, -0.25) is 4.40 Å². The van der Waals surface area contributed by atoms with Crippen molar-refractivity contribution in [3.8, 4) is 0 Å². The number of rotatable bonds is 0. The van der Waals surface area contributed by atoms with Crippen molar-refractivity contribution in [2.45, 2.75) is 0 Å². The summed E-state index contributed by atoms with van der Waals surface area (Å²) in [6.07, 6.45) is 4.41. The molecule has 49 valence electrons. The third kappa shape index (κ3) is 0.693. The lowest BCUT2D eigenvalue weighted by molar-refractivity contribution is 1.19. The molecule has 0 saturated carbocycles. The summed E-state index contributed by atoms with van der Waals surface area (Å²) in [5, 5.41) is 0.659. The Balaban J connectivity index is 2.95. The lowest BCUT2D eigenvalue weighted by Crippen LogP contribution is -1.82. The molecule has 0 aliphatic rings. The van der Waals surface area contributed by atoms with E-state index in [1.807, 2.05) is 18.2 Å². The van der Waals surface area contributed by atoms with Crippen molar-refractivity contribution in [3.63, 3.8) is 0 Å². The zero-order chi connectivity index (χ0) is 6.97. The van der Waals surface area contributed by atoms with E-state index >= 15 is 0 Å². The summed E-state index contributed by atoms with van der Waals surface area (Å²) in [6, 6.07) is 5.55. The summed E-state index contributed by atoms with van der Waals surface area (Å²) in [5.74, 6) is 0. The van der Waals surface area contributed by atoms with Crippen LogP contribution in [0.1, 0.15) is 0 Å². The number of hydrogen-bond acceptors (Lipinski definition) is 1. The summed E-state index contributed by atoms with van der Waals surface area (Å²) in [4.78, 5) is 3.93. The van der Waals surface area contributed by atoms with Crippen LogP contribution < -0.4 is 0 Å². The van der Waals surface area contributed by atoms with Crippen molar-refractivity contribution in [2.75, 3.05) is 0 Å². The molecule has 3 heteroatoms. The Morgan fingerprint density at radius 3 is 3.20 bits per heavy atom. The van der Waals surface area contributed by atoms with Crippen LogP contribution in [-0.4, -0.2) is 9.38 Å². The summed E-state index contributed by atoms with van der Waals surface area (Å²) < 4.78 is 1.77. The number of hydrogen-bond donors (Lipinski definition) is 0. The molecule has 0 bridgehead atoms. The molecule has 0 fully saturated rings. The van der Waals surface area contributed by atoms with Crippen molar-refractivity contribution < 1.29 is 0 Å². The highest BCUT2D eigenvalue weighted by atomic mass is 35.5. The molecule has 2 nitrogen and oxygen atoms in total. The maximum Gasteiger partial charge on any atom is 0.138 e. The van der Waals surface area contributed by atoms with Crippen LogP contribution in [0.2, 0.25) is 5.15 Å². The minimum atomic E-state index is 0.659. The lowest BCUT2D eigenvalue weighted by Gasteiger charge is -1.93. The van der Waals surface area contributed by atoms with Gasteiger partial charge < -0.3 is 0 Å². The van der Waals surface area contributed by atoms with Gasteiger partial charge in [-0.2, -0.15) is 0 Å². The first-order valence-electron chi connectivity index (χ1n) is 2.87. The summed E-state index contributed by atoms with van der Waals surface area (Å²) in [7, 11) is 0. The fraction of sp³-hybridized carbons (Fsp3) is 0. The van der Waals surface area contributed by atoms with E-state index in [1.54, 1.807) is 10.6 Å². The normalized spacial score (nSPS) is 10.5. The second-order valence-electron chi connectivity index (χ2n) is 1.95. The minimum absolute atomic E-state index is 0.659. The van der Waals surface area contributed by atoms with Crippen LogP contribution in [0.15, 0.2) is 24.4 Å². The smallest absolute Gasteiger partial charge is 0.138 e. The van der Waals surface area contributed by atoms with Gasteiger partial charge in [-0.1, -0.05) is 17.7 Å². The third-order valence-electron chi connectivity index (χ3n) is 1.32. The maximum absolute atomic E-state index is 5.80. The van der Waals surface area contributed by atoms with Crippen LogP contribution in [0.4, 0.5) is 0 Å². The summed E-state index contributed by atoms with van der Waals surface area (Å²) >= 11 is 5.80. The molecule has 0 aliphatic heterocycles. The Bertz CT molecular complexity index is 353. The van der Waals surface area contributed by atoms with E-state index in [0.717, 1.165) is 5.65 Å². The zero-order valence-electron chi connectivity index (χ0n) is 5.08. The van der Waals surface area contributed by atoms with Gasteiger partial charge in [0.05, 0.1) is 0 Å². The van der Waals surface area contributed by atoms with Crippen molar-refractivity contribution >= 4 is 17.2 Å². The molecule has 2 heterocycles. The minimum Gasteiger partial charge on any atom is -0.290 e. The van der Waals surface area contributed by atoms with E-state index in [0.29, 0.717) is 5.15 Å². The average Bonchev–Trinajstić information content (AvgIpc) is 2.36. The van der Waals surface area contributed by atoms with Gasteiger partial charge in [0.25, 0.3) is 0 Å². The highest BCUT2D eigenvalue weighted by Crippen LogP contribution is 2.09. The van der Waals surface area contributed by atoms with E-state index in [-0.39, 0.29) is 0 Å². The maximum atomic E-state index is 5.80. The molecule has 10 heavy (non-hydrogen) atoms. The molecule has 1 radical (unpaired) electrons. The van der Waals surface area contributed by atoms with E-state index in [2.05, 4.69) is 11.2 Å². The first-order valence-corrected chi connectivity index (χ1v) is 3.25. The van der Waals surface area contributed by atoms with E-state index in [4.69, 9.17) is 11.6 Å². The van der Waals surface area contributed by atoms with Crippen molar-refractivity contribution in [3.05, 3.63) is 35.7 Å². The Kier molecular flexibility index (Phi) is 1.14. The molecular weight excluding hydrogens is 148 g/mol. The van der Waals surface area contributed by atoms with E-state index in [9.17, 15) is 0 Å². The van der Waals surface area contributed by atoms with Gasteiger partial charge >= 0.3 is 0 Å². The van der Waals surface area contributed by atoms with Gasteiger partial charge in [-0.15, -0.1) is 0 Å². The molecule has 2 rings (SSSR count). The van der Waals surface area contributed by atoms with Gasteiger partial charge in [0.2, 0.25) is 0 Å². The number of nitrogens with zero attached hydrogens (tertiary/aromatic N) is 2. The summed E-state index contributed by atoms with van der Waals surface area (Å²) in [5.41, 5.74) is 0.826. The molecule has 0 spiro atoms.